The van der Waals surface area contributed by atoms with Crippen molar-refractivity contribution in [1.29, 1.82) is 0 Å². The highest BCUT2D eigenvalue weighted by atomic mass is 127. The van der Waals surface area contributed by atoms with E-state index in [1.54, 1.807) is 19.0 Å². The van der Waals surface area contributed by atoms with E-state index >= 15 is 0 Å². The largest absolute Gasteiger partial charge is 0.371 e. The highest BCUT2D eigenvalue weighted by molar-refractivity contribution is 14.0. The summed E-state index contributed by atoms with van der Waals surface area (Å²) < 4.78 is 0. The van der Waals surface area contributed by atoms with Crippen molar-refractivity contribution in [1.82, 2.24) is 20.5 Å². The number of guanidine groups is 1. The van der Waals surface area contributed by atoms with Gasteiger partial charge in [0, 0.05) is 58.4 Å². The molecule has 0 spiro atoms. The van der Waals surface area contributed by atoms with Crippen LogP contribution >= 0.6 is 24.0 Å². The van der Waals surface area contributed by atoms with Gasteiger partial charge in [0.05, 0.1) is 0 Å². The van der Waals surface area contributed by atoms with Crippen LogP contribution < -0.4 is 15.5 Å². The van der Waals surface area contributed by atoms with Gasteiger partial charge in [0.25, 0.3) is 0 Å². The van der Waals surface area contributed by atoms with Crippen molar-refractivity contribution >= 4 is 41.5 Å². The molecule has 1 saturated heterocycles. The lowest BCUT2D eigenvalue weighted by Crippen LogP contribution is -2.43. The number of likely N-dealkylation sites (N-methyl/N-ethyl adjacent to an activating group) is 1. The summed E-state index contributed by atoms with van der Waals surface area (Å²) in [7, 11) is 3.48. The van der Waals surface area contributed by atoms with E-state index in [0.29, 0.717) is 18.4 Å². The average molecular weight is 500 g/mol. The second-order valence-corrected chi connectivity index (χ2v) is 7.28. The van der Waals surface area contributed by atoms with Crippen molar-refractivity contribution in [3.63, 3.8) is 0 Å². The average Bonchev–Trinajstić information content (AvgIpc) is 2.68. The van der Waals surface area contributed by atoms with Crippen LogP contribution in [0.25, 0.3) is 0 Å². The van der Waals surface area contributed by atoms with Crippen molar-refractivity contribution in [2.75, 3.05) is 51.7 Å². The Kier molecular flexibility index (Phi) is 10.9. The number of aromatic nitrogens is 1. The lowest BCUT2D eigenvalue weighted by Gasteiger charge is -2.33. The summed E-state index contributed by atoms with van der Waals surface area (Å²) in [5.74, 6) is 1.24. The molecule has 0 aromatic carbocycles. The molecule has 8 heteroatoms. The highest BCUT2D eigenvalue weighted by Crippen LogP contribution is 2.22. The molecule has 0 aliphatic carbocycles. The van der Waals surface area contributed by atoms with E-state index in [-0.39, 0.29) is 36.4 Å². The van der Waals surface area contributed by atoms with Crippen LogP contribution in [0.2, 0.25) is 0 Å². The fourth-order valence-corrected chi connectivity index (χ4v) is 2.89. The monoisotopic (exact) mass is 500 g/mol. The Morgan fingerprint density at radius 2 is 1.93 bits per heavy atom. The van der Waals surface area contributed by atoms with E-state index < -0.39 is 0 Å². The Balaban J connectivity index is 0.00000392. The summed E-state index contributed by atoms with van der Waals surface area (Å²) in [6, 6.07) is 4.12. The number of piperidine rings is 1. The fourth-order valence-electron chi connectivity index (χ4n) is 2.89. The van der Waals surface area contributed by atoms with E-state index in [9.17, 15) is 4.79 Å². The lowest BCUT2D eigenvalue weighted by molar-refractivity contribution is -0.127. The summed E-state index contributed by atoms with van der Waals surface area (Å²) in [6.45, 7) is 9.58. The van der Waals surface area contributed by atoms with Crippen LogP contribution in [-0.4, -0.2) is 68.6 Å². The van der Waals surface area contributed by atoms with Crippen LogP contribution in [0.3, 0.4) is 0 Å². The van der Waals surface area contributed by atoms with Gasteiger partial charge in [-0.25, -0.2) is 4.99 Å². The molecule has 1 aromatic heterocycles. The van der Waals surface area contributed by atoms with Gasteiger partial charge in [0.1, 0.15) is 6.54 Å². The number of nitrogens with one attached hydrogen (secondary N) is 2. The number of rotatable bonds is 7. The molecule has 7 nitrogen and oxygen atoms in total. The molecule has 28 heavy (non-hydrogen) atoms. The van der Waals surface area contributed by atoms with Gasteiger partial charge >= 0.3 is 0 Å². The second-order valence-electron chi connectivity index (χ2n) is 7.28. The van der Waals surface area contributed by atoms with Crippen molar-refractivity contribution in [2.45, 2.75) is 19.8 Å². The maximum Gasteiger partial charge on any atom is 0.243 e. The van der Waals surface area contributed by atoms with Crippen LogP contribution in [-0.2, 0) is 4.79 Å². The maximum atomic E-state index is 11.8. The first-order valence-corrected chi connectivity index (χ1v) is 9.47. The molecular formula is C20H33IN6O. The van der Waals surface area contributed by atoms with Gasteiger partial charge in [0.2, 0.25) is 5.91 Å². The number of hydrogen-bond acceptors (Lipinski definition) is 4. The minimum absolute atomic E-state index is 0. The molecule has 0 saturated carbocycles. The van der Waals surface area contributed by atoms with Crippen molar-refractivity contribution in [3.8, 4) is 0 Å². The Labute approximate surface area is 185 Å². The zero-order chi connectivity index (χ0) is 19.6. The van der Waals surface area contributed by atoms with E-state index in [4.69, 9.17) is 0 Å². The zero-order valence-electron chi connectivity index (χ0n) is 17.1. The van der Waals surface area contributed by atoms with E-state index in [1.807, 2.05) is 19.3 Å². The number of carbonyl (C=O) groups excluding carboxylic acids is 1. The number of anilines is 1. The molecule has 0 bridgehead atoms. The standard InChI is InChI=1S/C20H32N6O.HI/c1-16(2)13-22-20(24-15-19(27)25(3)4)23-14-17-7-11-26(12-8-17)18-5-9-21-10-6-18;/h5-6,9-10,17H,1,7-8,11-15H2,2-4H3,(H2,22,23,24);1H. The quantitative estimate of drug-likeness (QED) is 0.260. The minimum atomic E-state index is -0.0166. The Morgan fingerprint density at radius 1 is 1.29 bits per heavy atom. The van der Waals surface area contributed by atoms with Gasteiger partial charge in [0.15, 0.2) is 5.96 Å². The zero-order valence-corrected chi connectivity index (χ0v) is 19.5. The molecule has 2 heterocycles. The molecule has 1 aliphatic heterocycles. The first kappa shape index (κ1) is 24.2. The molecule has 2 N–H and O–H groups in total. The Bertz CT molecular complexity index is 641. The SMILES string of the molecule is C=C(C)CNC(=NCC(=O)N(C)C)NCC1CCN(c2ccncc2)CC1.I. The molecule has 156 valence electrons. The summed E-state index contributed by atoms with van der Waals surface area (Å²) >= 11 is 0. The number of halogens is 1. The van der Waals surface area contributed by atoms with E-state index in [0.717, 1.165) is 38.0 Å². The summed E-state index contributed by atoms with van der Waals surface area (Å²) in [5, 5.41) is 6.63. The van der Waals surface area contributed by atoms with Gasteiger partial charge in [-0.2, -0.15) is 0 Å². The second kappa shape index (κ2) is 12.6. The number of aliphatic imine (C=N–C) groups is 1. The number of nitrogens with zero attached hydrogens (tertiary/aromatic N) is 4. The predicted octanol–water partition coefficient (Wildman–Crippen LogP) is 2.12. The Hall–Kier alpha value is -1.84. The third-order valence-electron chi connectivity index (χ3n) is 4.63. The number of hydrogen-bond donors (Lipinski definition) is 2. The molecule has 0 radical (unpaired) electrons. The topological polar surface area (TPSA) is 72.9 Å². The molecule has 1 aliphatic rings. The van der Waals surface area contributed by atoms with Crippen LogP contribution in [0, 0.1) is 5.92 Å². The van der Waals surface area contributed by atoms with E-state index in [1.165, 1.54) is 5.69 Å². The van der Waals surface area contributed by atoms with Crippen molar-refractivity contribution in [3.05, 3.63) is 36.7 Å². The van der Waals surface area contributed by atoms with Crippen LogP contribution in [0.15, 0.2) is 41.7 Å². The van der Waals surface area contributed by atoms with Crippen molar-refractivity contribution in [2.24, 2.45) is 10.9 Å². The fraction of sp³-hybridized carbons (Fsp3) is 0.550. The highest BCUT2D eigenvalue weighted by Gasteiger charge is 2.19. The molecule has 1 fully saturated rings. The smallest absolute Gasteiger partial charge is 0.243 e. The molecule has 0 unspecified atom stereocenters. The normalized spacial score (nSPS) is 14.8. The molecular weight excluding hydrogens is 467 g/mol. The first-order chi connectivity index (χ1) is 13.0. The molecule has 0 atom stereocenters. The molecule has 1 aromatic rings. The molecule has 1 amide bonds. The summed E-state index contributed by atoms with van der Waals surface area (Å²) in [4.78, 5) is 24.2. The van der Waals surface area contributed by atoms with Gasteiger partial charge in [-0.3, -0.25) is 9.78 Å². The van der Waals surface area contributed by atoms with Gasteiger partial charge in [-0.05, 0) is 37.8 Å². The molecule has 2 rings (SSSR count). The third kappa shape index (κ3) is 8.45. The van der Waals surface area contributed by atoms with E-state index in [2.05, 4.69) is 44.2 Å². The van der Waals surface area contributed by atoms with Crippen LogP contribution in [0.1, 0.15) is 19.8 Å². The minimum Gasteiger partial charge on any atom is -0.371 e. The Morgan fingerprint density at radius 3 is 2.50 bits per heavy atom. The first-order valence-electron chi connectivity index (χ1n) is 9.47. The summed E-state index contributed by atoms with van der Waals surface area (Å²) in [5.41, 5.74) is 2.26. The number of amides is 1. The van der Waals surface area contributed by atoms with Crippen LogP contribution in [0.4, 0.5) is 5.69 Å². The van der Waals surface area contributed by atoms with Crippen molar-refractivity contribution < 1.29 is 4.79 Å². The van der Waals surface area contributed by atoms with Gasteiger partial charge in [-0.1, -0.05) is 12.2 Å². The predicted molar refractivity (Wildman–Crippen MR) is 126 cm³/mol. The van der Waals surface area contributed by atoms with Gasteiger partial charge in [-0.15, -0.1) is 24.0 Å². The summed E-state index contributed by atoms with van der Waals surface area (Å²) in [6.07, 6.45) is 5.93. The lowest BCUT2D eigenvalue weighted by atomic mass is 9.96. The van der Waals surface area contributed by atoms with Crippen LogP contribution in [0.5, 0.6) is 0 Å². The number of pyridine rings is 1. The van der Waals surface area contributed by atoms with Gasteiger partial charge < -0.3 is 20.4 Å². The third-order valence-corrected chi connectivity index (χ3v) is 4.63. The number of carbonyl (C=O) groups is 1. The maximum absolute atomic E-state index is 11.8.